The number of aliphatic carboxylic acids is 1. The highest BCUT2D eigenvalue weighted by molar-refractivity contribution is 5.85. The number of piperidine rings is 1. The lowest BCUT2D eigenvalue weighted by Crippen LogP contribution is -2.46. The van der Waals surface area contributed by atoms with E-state index in [1.54, 1.807) is 4.90 Å². The number of nitrogens with zero attached hydrogens (tertiary/aromatic N) is 1. The standard InChI is InChI=1S/C14H20N2O4/c15-12(17)9-5-7-16(8-6-9)13(18)10-3-1-2-4-11(10)14(19)20/h1-2,9-11H,3-8H2,(H2,15,17)(H,19,20)/t10-,11+/m1/s1. The van der Waals surface area contributed by atoms with Crippen molar-refractivity contribution in [1.82, 2.24) is 4.90 Å². The number of likely N-dealkylation sites (tertiary alicyclic amines) is 1. The predicted molar refractivity (Wildman–Crippen MR) is 71.5 cm³/mol. The number of nitrogens with two attached hydrogens (primary N) is 1. The molecule has 1 saturated heterocycles. The number of hydrogen-bond acceptors (Lipinski definition) is 3. The van der Waals surface area contributed by atoms with Crippen molar-refractivity contribution in [1.29, 1.82) is 0 Å². The zero-order chi connectivity index (χ0) is 14.7. The first kappa shape index (κ1) is 14.6. The van der Waals surface area contributed by atoms with E-state index < -0.39 is 17.8 Å². The Morgan fingerprint density at radius 1 is 1.05 bits per heavy atom. The summed E-state index contributed by atoms with van der Waals surface area (Å²) in [6.45, 7) is 0.970. The molecule has 0 radical (unpaired) electrons. The number of primary amides is 1. The second-order valence-electron chi connectivity index (χ2n) is 5.50. The highest BCUT2D eigenvalue weighted by Gasteiger charge is 2.37. The lowest BCUT2D eigenvalue weighted by molar-refractivity contribution is -0.151. The topological polar surface area (TPSA) is 101 Å². The van der Waals surface area contributed by atoms with Crippen LogP contribution in [0.1, 0.15) is 25.7 Å². The van der Waals surface area contributed by atoms with Crippen molar-refractivity contribution in [3.63, 3.8) is 0 Å². The fourth-order valence-electron chi connectivity index (χ4n) is 2.98. The van der Waals surface area contributed by atoms with E-state index in [-0.39, 0.29) is 17.7 Å². The summed E-state index contributed by atoms with van der Waals surface area (Å²) in [5.41, 5.74) is 5.26. The van der Waals surface area contributed by atoms with Crippen LogP contribution in [0.4, 0.5) is 0 Å². The number of carbonyl (C=O) groups is 3. The third-order valence-electron chi connectivity index (χ3n) is 4.28. The molecule has 2 rings (SSSR count). The molecule has 1 heterocycles. The Morgan fingerprint density at radius 2 is 1.60 bits per heavy atom. The largest absolute Gasteiger partial charge is 0.481 e. The van der Waals surface area contributed by atoms with E-state index in [4.69, 9.17) is 5.73 Å². The van der Waals surface area contributed by atoms with Crippen molar-refractivity contribution in [2.45, 2.75) is 25.7 Å². The molecule has 0 aromatic carbocycles. The van der Waals surface area contributed by atoms with Crippen LogP contribution in [0, 0.1) is 17.8 Å². The molecule has 110 valence electrons. The molecule has 2 amide bonds. The molecule has 1 aliphatic heterocycles. The minimum absolute atomic E-state index is 0.107. The lowest BCUT2D eigenvalue weighted by atomic mass is 9.81. The van der Waals surface area contributed by atoms with Crippen LogP contribution >= 0.6 is 0 Å². The van der Waals surface area contributed by atoms with Crippen LogP contribution < -0.4 is 5.73 Å². The average Bonchev–Trinajstić information content (AvgIpc) is 2.46. The number of carbonyl (C=O) groups excluding carboxylic acids is 2. The molecule has 0 aromatic heterocycles. The predicted octanol–water partition coefficient (Wildman–Crippen LogP) is 0.377. The van der Waals surface area contributed by atoms with E-state index in [2.05, 4.69) is 0 Å². The van der Waals surface area contributed by atoms with Crippen LogP contribution in [0.2, 0.25) is 0 Å². The van der Waals surface area contributed by atoms with Crippen molar-refractivity contribution in [2.24, 2.45) is 23.5 Å². The van der Waals surface area contributed by atoms with Gasteiger partial charge in [0.1, 0.15) is 0 Å². The molecule has 1 aliphatic carbocycles. The quantitative estimate of drug-likeness (QED) is 0.730. The van der Waals surface area contributed by atoms with E-state index in [0.29, 0.717) is 38.8 Å². The van der Waals surface area contributed by atoms with Crippen LogP contribution in [-0.2, 0) is 14.4 Å². The van der Waals surface area contributed by atoms with Gasteiger partial charge in [-0.3, -0.25) is 14.4 Å². The van der Waals surface area contributed by atoms with Crippen molar-refractivity contribution in [3.05, 3.63) is 12.2 Å². The van der Waals surface area contributed by atoms with E-state index in [1.165, 1.54) is 0 Å². The fraction of sp³-hybridized carbons (Fsp3) is 0.643. The van der Waals surface area contributed by atoms with Gasteiger partial charge in [0.2, 0.25) is 11.8 Å². The van der Waals surface area contributed by atoms with Gasteiger partial charge in [-0.05, 0) is 25.7 Å². The summed E-state index contributed by atoms with van der Waals surface area (Å²) >= 11 is 0. The molecule has 3 N–H and O–H groups in total. The molecule has 1 fully saturated rings. The third-order valence-corrected chi connectivity index (χ3v) is 4.28. The van der Waals surface area contributed by atoms with Crippen LogP contribution in [0.5, 0.6) is 0 Å². The number of rotatable bonds is 3. The maximum atomic E-state index is 12.5. The number of carboxylic acid groups (broad SMARTS) is 1. The minimum atomic E-state index is -0.917. The van der Waals surface area contributed by atoms with Gasteiger partial charge in [-0.2, -0.15) is 0 Å². The molecular formula is C14H20N2O4. The van der Waals surface area contributed by atoms with Gasteiger partial charge in [-0.1, -0.05) is 12.2 Å². The summed E-state index contributed by atoms with van der Waals surface area (Å²) < 4.78 is 0. The van der Waals surface area contributed by atoms with Gasteiger partial charge < -0.3 is 15.7 Å². The average molecular weight is 280 g/mol. The summed E-state index contributed by atoms with van der Waals surface area (Å²) in [6, 6.07) is 0. The monoisotopic (exact) mass is 280 g/mol. The molecule has 0 spiro atoms. The third kappa shape index (κ3) is 3.00. The molecule has 6 nitrogen and oxygen atoms in total. The van der Waals surface area contributed by atoms with Crippen LogP contribution in [0.3, 0.4) is 0 Å². The molecule has 6 heteroatoms. The molecular weight excluding hydrogens is 260 g/mol. The summed E-state index contributed by atoms with van der Waals surface area (Å²) in [7, 11) is 0. The molecule has 0 bridgehead atoms. The van der Waals surface area contributed by atoms with E-state index in [1.807, 2.05) is 12.2 Å². The number of allylic oxidation sites excluding steroid dienone is 2. The first-order valence-corrected chi connectivity index (χ1v) is 6.96. The Bertz CT molecular complexity index is 438. The summed E-state index contributed by atoms with van der Waals surface area (Å²) in [4.78, 5) is 36.5. The fourth-order valence-corrected chi connectivity index (χ4v) is 2.98. The minimum Gasteiger partial charge on any atom is -0.481 e. The maximum Gasteiger partial charge on any atom is 0.307 e. The Kier molecular flexibility index (Phi) is 4.42. The summed E-state index contributed by atoms with van der Waals surface area (Å²) in [5.74, 6) is -2.63. The van der Waals surface area contributed by atoms with Gasteiger partial charge in [0.05, 0.1) is 11.8 Å². The first-order valence-electron chi connectivity index (χ1n) is 6.96. The van der Waals surface area contributed by atoms with Gasteiger partial charge in [0.25, 0.3) is 0 Å². The number of carboxylic acids is 1. The summed E-state index contributed by atoms with van der Waals surface area (Å²) in [6.07, 6.45) is 5.72. The normalized spacial score (nSPS) is 27.3. The van der Waals surface area contributed by atoms with Gasteiger partial charge >= 0.3 is 5.97 Å². The van der Waals surface area contributed by atoms with Crippen LogP contribution in [0.15, 0.2) is 12.2 Å². The Morgan fingerprint density at radius 3 is 2.10 bits per heavy atom. The SMILES string of the molecule is NC(=O)C1CCN(C(=O)[C@@H]2CC=CC[C@@H]2C(=O)O)CC1. The van der Waals surface area contributed by atoms with Gasteiger partial charge in [-0.15, -0.1) is 0 Å². The molecule has 2 atom stereocenters. The summed E-state index contributed by atoms with van der Waals surface area (Å²) in [5, 5.41) is 9.20. The Balaban J connectivity index is 1.99. The van der Waals surface area contributed by atoms with Crippen molar-refractivity contribution in [2.75, 3.05) is 13.1 Å². The van der Waals surface area contributed by atoms with Gasteiger partial charge in [0.15, 0.2) is 0 Å². The second-order valence-corrected chi connectivity index (χ2v) is 5.50. The molecule has 0 saturated carbocycles. The Hall–Kier alpha value is -1.85. The number of amides is 2. The zero-order valence-electron chi connectivity index (χ0n) is 11.3. The van der Waals surface area contributed by atoms with E-state index >= 15 is 0 Å². The van der Waals surface area contributed by atoms with E-state index in [9.17, 15) is 19.5 Å². The van der Waals surface area contributed by atoms with Gasteiger partial charge in [-0.25, -0.2) is 0 Å². The van der Waals surface area contributed by atoms with Gasteiger partial charge in [0, 0.05) is 19.0 Å². The zero-order valence-corrected chi connectivity index (χ0v) is 11.3. The molecule has 20 heavy (non-hydrogen) atoms. The number of hydrogen-bond donors (Lipinski definition) is 2. The van der Waals surface area contributed by atoms with Crippen LogP contribution in [-0.4, -0.2) is 40.9 Å². The van der Waals surface area contributed by atoms with Crippen molar-refractivity contribution < 1.29 is 19.5 Å². The van der Waals surface area contributed by atoms with Crippen molar-refractivity contribution in [3.8, 4) is 0 Å². The Labute approximate surface area is 117 Å². The molecule has 0 unspecified atom stereocenters. The highest BCUT2D eigenvalue weighted by atomic mass is 16.4. The lowest BCUT2D eigenvalue weighted by Gasteiger charge is -2.35. The molecule has 0 aromatic rings. The van der Waals surface area contributed by atoms with E-state index in [0.717, 1.165) is 0 Å². The van der Waals surface area contributed by atoms with Crippen molar-refractivity contribution >= 4 is 17.8 Å². The maximum absolute atomic E-state index is 12.5. The van der Waals surface area contributed by atoms with Crippen LogP contribution in [0.25, 0.3) is 0 Å². The highest BCUT2D eigenvalue weighted by Crippen LogP contribution is 2.29. The molecule has 2 aliphatic rings. The smallest absolute Gasteiger partial charge is 0.307 e. The second kappa shape index (κ2) is 6.07. The first-order chi connectivity index (χ1) is 9.50.